The maximum atomic E-state index is 12.5. The highest BCUT2D eigenvalue weighted by Crippen LogP contribution is 2.33. The Morgan fingerprint density at radius 1 is 1.35 bits per heavy atom. The van der Waals surface area contributed by atoms with Gasteiger partial charge < -0.3 is 19.3 Å². The number of amides is 1. The lowest BCUT2D eigenvalue weighted by molar-refractivity contribution is -0.143. The summed E-state index contributed by atoms with van der Waals surface area (Å²) in [5, 5.41) is 13.6. The van der Waals surface area contributed by atoms with Gasteiger partial charge in [-0.1, -0.05) is 34.4 Å². The summed E-state index contributed by atoms with van der Waals surface area (Å²) in [6.45, 7) is 0.667. The molecule has 0 radical (unpaired) electrons. The quantitative estimate of drug-likeness (QED) is 0.828. The van der Waals surface area contributed by atoms with E-state index in [1.807, 2.05) is 0 Å². The van der Waals surface area contributed by atoms with E-state index in [-0.39, 0.29) is 24.8 Å². The molecule has 1 aliphatic heterocycles. The molecular formula is C17H16Cl2N2O5. The van der Waals surface area contributed by atoms with Crippen LogP contribution in [0.15, 0.2) is 28.8 Å². The first-order valence-electron chi connectivity index (χ1n) is 8.00. The number of hydrogen-bond donors (Lipinski definition) is 1. The van der Waals surface area contributed by atoms with Crippen LogP contribution >= 0.6 is 23.2 Å². The fourth-order valence-electron chi connectivity index (χ4n) is 2.77. The predicted molar refractivity (Wildman–Crippen MR) is 93.6 cm³/mol. The minimum atomic E-state index is -0.895. The molecule has 2 aromatic rings. The molecule has 1 aliphatic rings. The number of ether oxygens (including phenoxy) is 1. The maximum Gasteiger partial charge on any atom is 0.308 e. The topological polar surface area (TPSA) is 92.9 Å². The zero-order valence-corrected chi connectivity index (χ0v) is 15.2. The van der Waals surface area contributed by atoms with Crippen molar-refractivity contribution in [1.82, 2.24) is 10.1 Å². The Morgan fingerprint density at radius 3 is 2.77 bits per heavy atom. The minimum Gasteiger partial charge on any atom is -0.482 e. The van der Waals surface area contributed by atoms with Crippen LogP contribution in [0.3, 0.4) is 0 Å². The third-order valence-corrected chi connectivity index (χ3v) is 4.71. The Morgan fingerprint density at radius 2 is 2.08 bits per heavy atom. The van der Waals surface area contributed by atoms with Gasteiger partial charge in [0.1, 0.15) is 6.61 Å². The lowest BCUT2D eigenvalue weighted by Crippen LogP contribution is -2.42. The number of hydrogen-bond acceptors (Lipinski definition) is 5. The van der Waals surface area contributed by atoms with Gasteiger partial charge in [-0.05, 0) is 25.0 Å². The summed E-state index contributed by atoms with van der Waals surface area (Å²) in [5.41, 5.74) is 0.111. The van der Waals surface area contributed by atoms with Crippen LogP contribution in [0.4, 0.5) is 0 Å². The normalized spacial score (nSPS) is 17.2. The summed E-state index contributed by atoms with van der Waals surface area (Å²) in [5.74, 6) is -1.16. The van der Waals surface area contributed by atoms with Gasteiger partial charge in [0.25, 0.3) is 5.91 Å². The van der Waals surface area contributed by atoms with Gasteiger partial charge in [0, 0.05) is 19.2 Å². The number of halogens is 2. The van der Waals surface area contributed by atoms with E-state index in [1.54, 1.807) is 18.2 Å². The lowest BCUT2D eigenvalue weighted by atomic mass is 9.98. The van der Waals surface area contributed by atoms with Crippen molar-refractivity contribution in [2.75, 3.05) is 13.1 Å². The molecule has 9 heteroatoms. The first kappa shape index (κ1) is 18.5. The van der Waals surface area contributed by atoms with E-state index in [4.69, 9.17) is 37.6 Å². The third-order valence-electron chi connectivity index (χ3n) is 4.11. The van der Waals surface area contributed by atoms with E-state index < -0.39 is 11.9 Å². The highest BCUT2D eigenvalue weighted by atomic mass is 35.5. The first-order valence-corrected chi connectivity index (χ1v) is 8.76. The average molecular weight is 399 g/mol. The summed E-state index contributed by atoms with van der Waals surface area (Å²) in [7, 11) is 0. The monoisotopic (exact) mass is 398 g/mol. The van der Waals surface area contributed by atoms with Crippen LogP contribution in [0, 0.1) is 5.92 Å². The predicted octanol–water partition coefficient (Wildman–Crippen LogP) is 3.50. The number of carboxylic acid groups (broad SMARTS) is 1. The van der Waals surface area contributed by atoms with E-state index in [0.717, 1.165) is 0 Å². The van der Waals surface area contributed by atoms with Crippen molar-refractivity contribution in [1.29, 1.82) is 0 Å². The standard InChI is InChI=1S/C17H16Cl2N2O5/c18-12-4-1-5-13(19)15(12)25-9-11-7-14(20-26-11)16(22)21-6-2-3-10(8-21)17(23)24/h1,4-5,7,10H,2-3,6,8-9H2,(H,23,24)/t10-/m0/s1. The van der Waals surface area contributed by atoms with Crippen molar-refractivity contribution >= 4 is 35.1 Å². The molecule has 26 heavy (non-hydrogen) atoms. The molecule has 0 saturated carbocycles. The lowest BCUT2D eigenvalue weighted by Gasteiger charge is -2.29. The molecule has 1 fully saturated rings. The molecule has 7 nitrogen and oxygen atoms in total. The van der Waals surface area contributed by atoms with Gasteiger partial charge in [0.2, 0.25) is 0 Å². The van der Waals surface area contributed by atoms with Gasteiger partial charge >= 0.3 is 5.97 Å². The fraction of sp³-hybridized carbons (Fsp3) is 0.353. The molecule has 0 spiro atoms. The van der Waals surface area contributed by atoms with Crippen molar-refractivity contribution in [2.24, 2.45) is 5.92 Å². The highest BCUT2D eigenvalue weighted by molar-refractivity contribution is 6.37. The second kappa shape index (κ2) is 7.97. The summed E-state index contributed by atoms with van der Waals surface area (Å²) in [4.78, 5) is 25.1. The van der Waals surface area contributed by atoms with Gasteiger partial charge in [-0.25, -0.2) is 0 Å². The number of para-hydroxylation sites is 1. The second-order valence-corrected chi connectivity index (χ2v) is 6.76. The van der Waals surface area contributed by atoms with Gasteiger partial charge in [0.15, 0.2) is 17.2 Å². The number of rotatable bonds is 5. The molecule has 3 rings (SSSR count). The van der Waals surface area contributed by atoms with Crippen LogP contribution in [0.5, 0.6) is 5.75 Å². The molecule has 1 saturated heterocycles. The molecule has 1 aromatic carbocycles. The van der Waals surface area contributed by atoms with Crippen LogP contribution in [0.25, 0.3) is 0 Å². The van der Waals surface area contributed by atoms with Crippen LogP contribution in [-0.2, 0) is 11.4 Å². The van der Waals surface area contributed by atoms with Gasteiger partial charge in [0.05, 0.1) is 16.0 Å². The molecule has 1 atom stereocenters. The number of likely N-dealkylation sites (tertiary alicyclic amines) is 1. The molecule has 2 heterocycles. The summed E-state index contributed by atoms with van der Waals surface area (Å²) in [6.07, 6.45) is 1.21. The average Bonchev–Trinajstić information content (AvgIpc) is 3.09. The van der Waals surface area contributed by atoms with Crippen LogP contribution in [0.2, 0.25) is 10.0 Å². The van der Waals surface area contributed by atoms with Crippen molar-refractivity contribution in [2.45, 2.75) is 19.4 Å². The molecule has 138 valence electrons. The SMILES string of the molecule is O=C(O)[C@H]1CCCN(C(=O)c2cc(COc3c(Cl)cccc3Cl)on2)C1. The minimum absolute atomic E-state index is 0.00147. The first-order chi connectivity index (χ1) is 12.5. The van der Waals surface area contributed by atoms with Gasteiger partial charge in [-0.15, -0.1) is 0 Å². The summed E-state index contributed by atoms with van der Waals surface area (Å²) < 4.78 is 10.7. The van der Waals surface area contributed by atoms with Crippen LogP contribution in [0.1, 0.15) is 29.1 Å². The second-order valence-electron chi connectivity index (χ2n) is 5.95. The van der Waals surface area contributed by atoms with Gasteiger partial charge in [-0.2, -0.15) is 0 Å². The van der Waals surface area contributed by atoms with Crippen molar-refractivity contribution in [3.05, 3.63) is 45.8 Å². The van der Waals surface area contributed by atoms with E-state index in [0.29, 0.717) is 40.9 Å². The Bertz CT molecular complexity index is 803. The number of carbonyl (C=O) groups is 2. The molecule has 0 unspecified atom stereocenters. The molecule has 1 amide bonds. The largest absolute Gasteiger partial charge is 0.482 e. The molecule has 1 N–H and O–H groups in total. The van der Waals surface area contributed by atoms with Crippen molar-refractivity contribution in [3.8, 4) is 5.75 Å². The van der Waals surface area contributed by atoms with E-state index in [2.05, 4.69) is 5.16 Å². The number of carboxylic acids is 1. The van der Waals surface area contributed by atoms with Crippen LogP contribution in [-0.4, -0.2) is 40.1 Å². The van der Waals surface area contributed by atoms with Crippen LogP contribution < -0.4 is 4.74 Å². The number of piperidine rings is 1. The number of aliphatic carboxylic acids is 1. The van der Waals surface area contributed by atoms with Crippen molar-refractivity contribution < 1.29 is 24.0 Å². The molecule has 0 aliphatic carbocycles. The molecular weight excluding hydrogens is 383 g/mol. The van der Waals surface area contributed by atoms with E-state index in [9.17, 15) is 9.59 Å². The Labute approximate surface area is 159 Å². The fourth-order valence-corrected chi connectivity index (χ4v) is 3.28. The summed E-state index contributed by atoms with van der Waals surface area (Å²) in [6, 6.07) is 6.46. The Hall–Kier alpha value is -2.25. The van der Waals surface area contributed by atoms with E-state index in [1.165, 1.54) is 11.0 Å². The number of nitrogens with zero attached hydrogens (tertiary/aromatic N) is 2. The number of carbonyl (C=O) groups excluding carboxylic acids is 1. The van der Waals surface area contributed by atoms with Crippen molar-refractivity contribution in [3.63, 3.8) is 0 Å². The smallest absolute Gasteiger partial charge is 0.308 e. The Balaban J connectivity index is 1.64. The zero-order valence-electron chi connectivity index (χ0n) is 13.7. The number of benzene rings is 1. The molecule has 1 aromatic heterocycles. The van der Waals surface area contributed by atoms with E-state index >= 15 is 0 Å². The number of aromatic nitrogens is 1. The Kier molecular flexibility index (Phi) is 5.68. The van der Waals surface area contributed by atoms with Gasteiger partial charge in [-0.3, -0.25) is 9.59 Å². The highest BCUT2D eigenvalue weighted by Gasteiger charge is 2.30. The molecule has 0 bridgehead atoms. The summed E-state index contributed by atoms with van der Waals surface area (Å²) >= 11 is 12.1. The maximum absolute atomic E-state index is 12.5. The third kappa shape index (κ3) is 4.11. The zero-order chi connectivity index (χ0) is 18.7.